The molecule has 0 saturated carbocycles. The van der Waals surface area contributed by atoms with Gasteiger partial charge in [0, 0.05) is 5.75 Å². The number of carbonyl (C=O) groups excluding carboxylic acids is 1. The fourth-order valence-corrected chi connectivity index (χ4v) is 2.98. The Labute approximate surface area is 159 Å². The zero-order chi connectivity index (χ0) is 19.2. The van der Waals surface area contributed by atoms with Gasteiger partial charge in [-0.05, 0) is 31.2 Å². The van der Waals surface area contributed by atoms with E-state index in [9.17, 15) is 9.90 Å². The number of nitrogens with one attached hydrogen (secondary N) is 1. The number of carbonyl (C=O) groups is 1. The number of imidazole rings is 1. The molecule has 0 spiro atoms. The second kappa shape index (κ2) is 8.69. The average Bonchev–Trinajstić information content (AvgIpc) is 3.10. The number of fused-ring (bicyclic) bond motifs is 1. The summed E-state index contributed by atoms with van der Waals surface area (Å²) in [5, 5.41) is 10.7. The molecule has 0 aliphatic heterocycles. The van der Waals surface area contributed by atoms with Crippen LogP contribution in [-0.4, -0.2) is 56.1 Å². The van der Waals surface area contributed by atoms with E-state index in [1.807, 2.05) is 0 Å². The van der Waals surface area contributed by atoms with Crippen molar-refractivity contribution >= 4 is 34.7 Å². The van der Waals surface area contributed by atoms with Gasteiger partial charge in [-0.1, -0.05) is 11.8 Å². The molecule has 0 unspecified atom stereocenters. The highest BCUT2D eigenvalue weighted by molar-refractivity contribution is 7.99. The molecule has 1 aromatic carbocycles. The quantitative estimate of drug-likeness (QED) is 0.388. The van der Waals surface area contributed by atoms with Gasteiger partial charge in [0.1, 0.15) is 24.2 Å². The monoisotopic (exact) mass is 389 g/mol. The first-order valence-corrected chi connectivity index (χ1v) is 9.22. The number of aliphatic hydroxyl groups is 1. The maximum Gasteiger partial charge on any atom is 0.338 e. The Morgan fingerprint density at radius 1 is 1.33 bits per heavy atom. The zero-order valence-electron chi connectivity index (χ0n) is 14.6. The van der Waals surface area contributed by atoms with Crippen molar-refractivity contribution in [3.05, 3.63) is 36.2 Å². The number of H-pyrrole nitrogens is 1. The van der Waals surface area contributed by atoms with E-state index >= 15 is 0 Å². The van der Waals surface area contributed by atoms with Gasteiger partial charge in [0.05, 0.1) is 18.3 Å². The zero-order valence-corrected chi connectivity index (χ0v) is 15.4. The largest absolute Gasteiger partial charge is 0.491 e. The van der Waals surface area contributed by atoms with E-state index in [0.29, 0.717) is 45.8 Å². The predicted octanol–water partition coefficient (Wildman–Crippen LogP) is 1.64. The lowest BCUT2D eigenvalue weighted by Gasteiger charge is -2.11. The number of ether oxygens (including phenoxy) is 2. The van der Waals surface area contributed by atoms with E-state index in [-0.39, 0.29) is 12.6 Å². The molecule has 0 amide bonds. The van der Waals surface area contributed by atoms with Gasteiger partial charge in [-0.15, -0.1) is 0 Å². The third-order valence-corrected chi connectivity index (χ3v) is 4.53. The van der Waals surface area contributed by atoms with Crippen LogP contribution in [0.2, 0.25) is 0 Å². The number of thioether (sulfide) groups is 1. The third-order valence-electron chi connectivity index (χ3n) is 3.52. The van der Waals surface area contributed by atoms with Crippen LogP contribution >= 0.6 is 11.8 Å². The molecule has 0 saturated heterocycles. The van der Waals surface area contributed by atoms with E-state index in [4.69, 9.17) is 15.2 Å². The molecule has 0 bridgehead atoms. The van der Waals surface area contributed by atoms with Gasteiger partial charge >= 0.3 is 5.97 Å². The van der Waals surface area contributed by atoms with Crippen LogP contribution in [-0.2, 0) is 4.74 Å². The molecule has 0 aliphatic rings. The SMILES string of the molecule is CCOC(=O)c1ccc(OC[C@@H](O)CSc2nc3ncnc(N)c3[nH]2)cc1. The van der Waals surface area contributed by atoms with Gasteiger partial charge in [0.15, 0.2) is 16.6 Å². The number of rotatable bonds is 8. The minimum atomic E-state index is -0.712. The summed E-state index contributed by atoms with van der Waals surface area (Å²) in [5.74, 6) is 0.874. The van der Waals surface area contributed by atoms with Crippen LogP contribution in [0.3, 0.4) is 0 Å². The number of aromatic nitrogens is 4. The molecular formula is C17H19N5O4S. The maximum absolute atomic E-state index is 11.6. The number of esters is 1. The second-order valence-corrected chi connectivity index (χ2v) is 6.53. The number of anilines is 1. The topological polar surface area (TPSA) is 136 Å². The number of benzene rings is 1. The molecule has 0 fully saturated rings. The summed E-state index contributed by atoms with van der Waals surface area (Å²) in [6, 6.07) is 6.56. The molecule has 2 heterocycles. The highest BCUT2D eigenvalue weighted by Crippen LogP contribution is 2.21. The first-order chi connectivity index (χ1) is 13.1. The highest BCUT2D eigenvalue weighted by Gasteiger charge is 2.12. The molecule has 3 rings (SSSR count). The Kier molecular flexibility index (Phi) is 6.09. The van der Waals surface area contributed by atoms with Crippen LogP contribution in [0.4, 0.5) is 5.82 Å². The van der Waals surface area contributed by atoms with Crippen molar-refractivity contribution in [1.29, 1.82) is 0 Å². The molecule has 4 N–H and O–H groups in total. The number of nitrogens with two attached hydrogens (primary N) is 1. The first kappa shape index (κ1) is 18.9. The summed E-state index contributed by atoms with van der Waals surface area (Å²) >= 11 is 1.33. The van der Waals surface area contributed by atoms with Gasteiger partial charge in [-0.2, -0.15) is 0 Å². The fourth-order valence-electron chi connectivity index (χ4n) is 2.21. The maximum atomic E-state index is 11.6. The number of hydrogen-bond acceptors (Lipinski definition) is 9. The molecule has 0 radical (unpaired) electrons. The van der Waals surface area contributed by atoms with Crippen LogP contribution in [0.5, 0.6) is 5.75 Å². The van der Waals surface area contributed by atoms with Gasteiger partial charge < -0.3 is 25.3 Å². The molecular weight excluding hydrogens is 370 g/mol. The number of nitrogens with zero attached hydrogens (tertiary/aromatic N) is 3. The third kappa shape index (κ3) is 4.86. The van der Waals surface area contributed by atoms with E-state index in [0.717, 1.165) is 0 Å². The Morgan fingerprint density at radius 2 is 2.11 bits per heavy atom. The lowest BCUT2D eigenvalue weighted by molar-refractivity contribution is 0.0526. The Hall–Kier alpha value is -2.85. The van der Waals surface area contributed by atoms with Crippen LogP contribution in [0, 0.1) is 0 Å². The highest BCUT2D eigenvalue weighted by atomic mass is 32.2. The van der Waals surface area contributed by atoms with Crippen molar-refractivity contribution in [2.75, 3.05) is 24.7 Å². The Morgan fingerprint density at radius 3 is 2.81 bits per heavy atom. The molecule has 27 heavy (non-hydrogen) atoms. The van der Waals surface area contributed by atoms with Crippen LogP contribution in [0.1, 0.15) is 17.3 Å². The van der Waals surface area contributed by atoms with Gasteiger partial charge in [-0.25, -0.2) is 19.7 Å². The Balaban J connectivity index is 1.48. The summed E-state index contributed by atoms with van der Waals surface area (Å²) < 4.78 is 10.5. The van der Waals surface area contributed by atoms with Crippen LogP contribution in [0.25, 0.3) is 11.2 Å². The number of aromatic amines is 1. The van der Waals surface area contributed by atoms with Crippen molar-refractivity contribution in [2.45, 2.75) is 18.2 Å². The molecule has 9 nitrogen and oxygen atoms in total. The van der Waals surface area contributed by atoms with E-state index in [1.165, 1.54) is 18.1 Å². The summed E-state index contributed by atoms with van der Waals surface area (Å²) in [6.07, 6.45) is 0.638. The molecule has 0 aliphatic carbocycles. The van der Waals surface area contributed by atoms with E-state index in [1.54, 1.807) is 31.2 Å². The van der Waals surface area contributed by atoms with Crippen molar-refractivity contribution in [2.24, 2.45) is 0 Å². The number of hydrogen-bond donors (Lipinski definition) is 3. The number of aliphatic hydroxyl groups excluding tert-OH is 1. The molecule has 10 heteroatoms. The summed E-state index contributed by atoms with van der Waals surface area (Å²) in [4.78, 5) is 26.8. The smallest absolute Gasteiger partial charge is 0.338 e. The van der Waals surface area contributed by atoms with Crippen LogP contribution in [0.15, 0.2) is 35.7 Å². The summed E-state index contributed by atoms with van der Waals surface area (Å²) in [6.45, 7) is 2.18. The Bertz CT molecular complexity index is 915. The minimum Gasteiger partial charge on any atom is -0.491 e. The fraction of sp³-hybridized carbons (Fsp3) is 0.294. The van der Waals surface area contributed by atoms with Gasteiger partial charge in [0.2, 0.25) is 0 Å². The average molecular weight is 389 g/mol. The van der Waals surface area contributed by atoms with E-state index < -0.39 is 6.10 Å². The second-order valence-electron chi connectivity index (χ2n) is 5.52. The predicted molar refractivity (Wildman–Crippen MR) is 101 cm³/mol. The van der Waals surface area contributed by atoms with Crippen LogP contribution < -0.4 is 10.5 Å². The first-order valence-electron chi connectivity index (χ1n) is 8.24. The van der Waals surface area contributed by atoms with Crippen molar-refractivity contribution in [3.8, 4) is 5.75 Å². The van der Waals surface area contributed by atoms with Crippen molar-refractivity contribution in [1.82, 2.24) is 19.9 Å². The molecule has 142 valence electrons. The normalized spacial score (nSPS) is 12.1. The van der Waals surface area contributed by atoms with Gasteiger partial charge in [-0.3, -0.25) is 0 Å². The summed E-state index contributed by atoms with van der Waals surface area (Å²) in [5.41, 5.74) is 7.27. The summed E-state index contributed by atoms with van der Waals surface area (Å²) in [7, 11) is 0. The minimum absolute atomic E-state index is 0.105. The molecule has 3 aromatic rings. The van der Waals surface area contributed by atoms with E-state index in [2.05, 4.69) is 19.9 Å². The standard InChI is InChI=1S/C17H19N5O4S/c1-2-25-16(24)10-3-5-12(6-4-10)26-7-11(23)8-27-17-21-13-14(18)19-9-20-15(13)22-17/h3-6,9,11,23H,2,7-8H2,1H3,(H3,18,19,20,21,22)/t11-/m1/s1. The molecule has 2 aromatic heterocycles. The number of nitrogen functional groups attached to an aromatic ring is 1. The molecule has 1 atom stereocenters. The lowest BCUT2D eigenvalue weighted by atomic mass is 10.2. The van der Waals surface area contributed by atoms with Gasteiger partial charge in [0.25, 0.3) is 0 Å². The lowest BCUT2D eigenvalue weighted by Crippen LogP contribution is -2.20. The van der Waals surface area contributed by atoms with Crippen molar-refractivity contribution < 1.29 is 19.4 Å². The van der Waals surface area contributed by atoms with Crippen molar-refractivity contribution in [3.63, 3.8) is 0 Å².